The van der Waals surface area contributed by atoms with Crippen LogP contribution >= 0.6 is 11.6 Å². The molecule has 1 aliphatic rings. The maximum Gasteiger partial charge on any atom is 0.260 e. The molecule has 3 rings (SSSR count). The Morgan fingerprint density at radius 3 is 2.17 bits per heavy atom. The Bertz CT molecular complexity index is 752. The molecule has 0 unspecified atom stereocenters. The molecule has 154 valence electrons. The lowest BCUT2D eigenvalue weighted by atomic mass is 10.1. The predicted molar refractivity (Wildman–Crippen MR) is 114 cm³/mol. The van der Waals surface area contributed by atoms with E-state index < -0.39 is 0 Å². The summed E-state index contributed by atoms with van der Waals surface area (Å²) in [6.45, 7) is 4.49. The third kappa shape index (κ3) is 6.50. The molecular formula is C23H27ClN2O3. The van der Waals surface area contributed by atoms with Gasteiger partial charge in [0.1, 0.15) is 5.75 Å². The van der Waals surface area contributed by atoms with Crippen LogP contribution in [0.3, 0.4) is 0 Å². The van der Waals surface area contributed by atoms with Crippen molar-refractivity contribution in [3.63, 3.8) is 0 Å². The second-order valence-electron chi connectivity index (χ2n) is 7.34. The molecule has 2 aromatic rings. The summed E-state index contributed by atoms with van der Waals surface area (Å²) in [4.78, 5) is 28.7. The average Bonchev–Trinajstić information content (AvgIpc) is 2.99. The van der Waals surface area contributed by atoms with Crippen LogP contribution in [0.2, 0.25) is 5.02 Å². The Labute approximate surface area is 177 Å². The standard InChI is InChI=1S/C23H27ClN2O3/c1-18-3-5-19(6-4-18)7-12-22(27)25-13-2-14-26(16-15-25)23(28)17-29-21-10-8-20(24)9-11-21/h3-6,8-11H,2,7,12-17H2,1H3. The zero-order valence-corrected chi connectivity index (χ0v) is 17.5. The van der Waals surface area contributed by atoms with Crippen molar-refractivity contribution < 1.29 is 14.3 Å². The van der Waals surface area contributed by atoms with Crippen molar-refractivity contribution in [3.05, 3.63) is 64.7 Å². The maximum absolute atomic E-state index is 12.6. The van der Waals surface area contributed by atoms with Gasteiger partial charge in [0, 0.05) is 37.6 Å². The Hall–Kier alpha value is -2.53. The van der Waals surface area contributed by atoms with E-state index in [-0.39, 0.29) is 18.4 Å². The van der Waals surface area contributed by atoms with Crippen molar-refractivity contribution in [1.82, 2.24) is 9.80 Å². The van der Waals surface area contributed by atoms with Gasteiger partial charge in [-0.15, -0.1) is 0 Å². The lowest BCUT2D eigenvalue weighted by Crippen LogP contribution is -2.39. The van der Waals surface area contributed by atoms with Gasteiger partial charge in [-0.1, -0.05) is 41.4 Å². The lowest BCUT2D eigenvalue weighted by Gasteiger charge is -2.22. The molecule has 1 saturated heterocycles. The van der Waals surface area contributed by atoms with E-state index in [0.717, 1.165) is 12.8 Å². The van der Waals surface area contributed by atoms with Crippen LogP contribution in [0.15, 0.2) is 48.5 Å². The van der Waals surface area contributed by atoms with E-state index in [4.69, 9.17) is 16.3 Å². The van der Waals surface area contributed by atoms with Gasteiger partial charge in [0.05, 0.1) is 0 Å². The minimum atomic E-state index is -0.0612. The van der Waals surface area contributed by atoms with Gasteiger partial charge in [-0.3, -0.25) is 9.59 Å². The molecule has 0 radical (unpaired) electrons. The predicted octanol–water partition coefficient (Wildman–Crippen LogP) is 3.72. The highest BCUT2D eigenvalue weighted by atomic mass is 35.5. The number of amides is 2. The normalized spacial score (nSPS) is 14.4. The lowest BCUT2D eigenvalue weighted by molar-refractivity contribution is -0.134. The number of nitrogens with zero attached hydrogens (tertiary/aromatic N) is 2. The summed E-state index contributed by atoms with van der Waals surface area (Å²) in [5, 5.41) is 0.628. The summed E-state index contributed by atoms with van der Waals surface area (Å²) in [7, 11) is 0. The maximum atomic E-state index is 12.6. The Morgan fingerprint density at radius 2 is 1.52 bits per heavy atom. The van der Waals surface area contributed by atoms with Gasteiger partial charge in [-0.25, -0.2) is 0 Å². The molecule has 0 spiro atoms. The number of ether oxygens (including phenoxy) is 1. The monoisotopic (exact) mass is 414 g/mol. The zero-order valence-electron chi connectivity index (χ0n) is 16.8. The molecule has 29 heavy (non-hydrogen) atoms. The quantitative estimate of drug-likeness (QED) is 0.723. The topological polar surface area (TPSA) is 49.9 Å². The van der Waals surface area contributed by atoms with Gasteiger partial charge in [0.2, 0.25) is 5.91 Å². The number of carbonyl (C=O) groups excluding carboxylic acids is 2. The minimum absolute atomic E-state index is 0.0109. The number of aryl methyl sites for hydroxylation is 2. The van der Waals surface area contributed by atoms with Gasteiger partial charge < -0.3 is 14.5 Å². The average molecular weight is 415 g/mol. The molecule has 2 aromatic carbocycles. The first-order chi connectivity index (χ1) is 14.0. The van der Waals surface area contributed by atoms with Crippen molar-refractivity contribution in [1.29, 1.82) is 0 Å². The Balaban J connectivity index is 1.43. The van der Waals surface area contributed by atoms with Gasteiger partial charge >= 0.3 is 0 Å². The van der Waals surface area contributed by atoms with E-state index in [1.165, 1.54) is 11.1 Å². The van der Waals surface area contributed by atoms with E-state index in [1.807, 2.05) is 4.90 Å². The third-order valence-corrected chi connectivity index (χ3v) is 5.38. The number of carbonyl (C=O) groups is 2. The molecule has 5 nitrogen and oxygen atoms in total. The number of hydrogen-bond acceptors (Lipinski definition) is 3. The zero-order chi connectivity index (χ0) is 20.6. The van der Waals surface area contributed by atoms with E-state index >= 15 is 0 Å². The van der Waals surface area contributed by atoms with Gasteiger partial charge in [0.15, 0.2) is 6.61 Å². The number of halogens is 1. The van der Waals surface area contributed by atoms with Crippen LogP contribution in [0.1, 0.15) is 24.0 Å². The number of benzene rings is 2. The smallest absolute Gasteiger partial charge is 0.260 e. The van der Waals surface area contributed by atoms with Gasteiger partial charge in [-0.2, -0.15) is 0 Å². The molecule has 0 saturated carbocycles. The van der Waals surface area contributed by atoms with Crippen LogP contribution in [-0.2, 0) is 16.0 Å². The molecule has 0 aliphatic carbocycles. The van der Waals surface area contributed by atoms with E-state index in [1.54, 1.807) is 29.2 Å². The first-order valence-electron chi connectivity index (χ1n) is 10.0. The largest absolute Gasteiger partial charge is 0.484 e. The fraction of sp³-hybridized carbons (Fsp3) is 0.391. The highest BCUT2D eigenvalue weighted by molar-refractivity contribution is 6.30. The van der Waals surface area contributed by atoms with Crippen LogP contribution in [-0.4, -0.2) is 54.4 Å². The molecule has 0 bridgehead atoms. The highest BCUT2D eigenvalue weighted by Gasteiger charge is 2.22. The summed E-state index contributed by atoms with van der Waals surface area (Å²) in [6.07, 6.45) is 2.02. The SMILES string of the molecule is Cc1ccc(CCC(=O)N2CCCN(C(=O)COc3ccc(Cl)cc3)CC2)cc1. The molecular weight excluding hydrogens is 388 g/mol. The Morgan fingerprint density at radius 1 is 0.897 bits per heavy atom. The van der Waals surface area contributed by atoms with Crippen molar-refractivity contribution in [2.45, 2.75) is 26.2 Å². The summed E-state index contributed by atoms with van der Waals surface area (Å²) >= 11 is 5.85. The fourth-order valence-corrected chi connectivity index (χ4v) is 3.47. The van der Waals surface area contributed by atoms with Gasteiger partial charge in [-0.05, 0) is 49.6 Å². The van der Waals surface area contributed by atoms with Gasteiger partial charge in [0.25, 0.3) is 5.91 Å². The molecule has 0 N–H and O–H groups in total. The molecule has 6 heteroatoms. The van der Waals surface area contributed by atoms with E-state index in [0.29, 0.717) is 43.4 Å². The second kappa shape index (κ2) is 10.3. The minimum Gasteiger partial charge on any atom is -0.484 e. The Kier molecular flexibility index (Phi) is 7.53. The second-order valence-corrected chi connectivity index (χ2v) is 7.78. The third-order valence-electron chi connectivity index (χ3n) is 5.13. The summed E-state index contributed by atoms with van der Waals surface area (Å²) in [6, 6.07) is 15.2. The first kappa shape index (κ1) is 21.2. The summed E-state index contributed by atoms with van der Waals surface area (Å²) in [5.41, 5.74) is 2.40. The molecule has 1 heterocycles. The van der Waals surface area contributed by atoms with E-state index in [2.05, 4.69) is 31.2 Å². The van der Waals surface area contributed by atoms with Crippen LogP contribution in [0, 0.1) is 6.92 Å². The molecule has 2 amide bonds. The van der Waals surface area contributed by atoms with Crippen molar-refractivity contribution >= 4 is 23.4 Å². The summed E-state index contributed by atoms with van der Waals surface area (Å²) < 4.78 is 5.56. The first-order valence-corrected chi connectivity index (χ1v) is 10.4. The molecule has 1 aliphatic heterocycles. The fourth-order valence-electron chi connectivity index (χ4n) is 3.35. The number of hydrogen-bond donors (Lipinski definition) is 0. The van der Waals surface area contributed by atoms with Crippen molar-refractivity contribution in [3.8, 4) is 5.75 Å². The molecule has 1 fully saturated rings. The molecule has 0 atom stereocenters. The van der Waals surface area contributed by atoms with Crippen LogP contribution in [0.5, 0.6) is 5.75 Å². The van der Waals surface area contributed by atoms with Crippen molar-refractivity contribution in [2.24, 2.45) is 0 Å². The van der Waals surface area contributed by atoms with Crippen LogP contribution in [0.4, 0.5) is 0 Å². The highest BCUT2D eigenvalue weighted by Crippen LogP contribution is 2.16. The van der Waals surface area contributed by atoms with E-state index in [9.17, 15) is 9.59 Å². The molecule has 0 aromatic heterocycles. The van der Waals surface area contributed by atoms with Crippen molar-refractivity contribution in [2.75, 3.05) is 32.8 Å². The van der Waals surface area contributed by atoms with Crippen LogP contribution in [0.25, 0.3) is 0 Å². The summed E-state index contributed by atoms with van der Waals surface area (Å²) in [5.74, 6) is 0.705. The number of rotatable bonds is 6. The van der Waals surface area contributed by atoms with Crippen LogP contribution < -0.4 is 4.74 Å².